The average molecular weight is 465 g/mol. The number of thiophene rings is 1. The van der Waals surface area contributed by atoms with Crippen LogP contribution >= 0.6 is 11.3 Å². The number of nitrogens with zero attached hydrogens (tertiary/aromatic N) is 2. The molecule has 162 valence electrons. The summed E-state index contributed by atoms with van der Waals surface area (Å²) < 4.78 is 61.3. The highest BCUT2D eigenvalue weighted by Crippen LogP contribution is 2.36. The Morgan fingerprint density at radius 2 is 1.77 bits per heavy atom. The predicted molar refractivity (Wildman–Crippen MR) is 113 cm³/mol. The normalized spacial score (nSPS) is 18.3. The summed E-state index contributed by atoms with van der Waals surface area (Å²) in [6.07, 6.45) is 0.0765. The van der Waals surface area contributed by atoms with Gasteiger partial charge in [-0.1, -0.05) is 18.2 Å². The zero-order valence-corrected chi connectivity index (χ0v) is 17.9. The molecule has 1 saturated heterocycles. The van der Waals surface area contributed by atoms with Crippen molar-refractivity contribution in [3.8, 4) is 0 Å². The molecule has 31 heavy (non-hydrogen) atoms. The molecule has 3 heterocycles. The van der Waals surface area contributed by atoms with Crippen molar-refractivity contribution in [1.82, 2.24) is 4.31 Å². The Hall–Kier alpha value is -2.56. The minimum absolute atomic E-state index is 0.125. The lowest BCUT2D eigenvalue weighted by atomic mass is 10.0. The maximum atomic E-state index is 13.8. The lowest BCUT2D eigenvalue weighted by Crippen LogP contribution is -2.50. The Kier molecular flexibility index (Phi) is 4.95. The van der Waals surface area contributed by atoms with Crippen LogP contribution in [-0.4, -0.2) is 37.9 Å². The van der Waals surface area contributed by atoms with Crippen LogP contribution in [0.3, 0.4) is 0 Å². The number of anilines is 1. The molecule has 5 rings (SSSR count). The Morgan fingerprint density at radius 1 is 1.06 bits per heavy atom. The van der Waals surface area contributed by atoms with Crippen molar-refractivity contribution in [2.24, 2.45) is 0 Å². The van der Waals surface area contributed by atoms with E-state index in [0.717, 1.165) is 16.8 Å². The Labute approximate surface area is 181 Å². The van der Waals surface area contributed by atoms with Gasteiger partial charge >= 0.3 is 6.09 Å². The number of ether oxygens (including phenoxy) is 1. The molecule has 1 fully saturated rings. The van der Waals surface area contributed by atoms with E-state index in [0.29, 0.717) is 23.8 Å². The Bertz CT molecular complexity index is 1280. The van der Waals surface area contributed by atoms with Crippen LogP contribution in [0.4, 0.5) is 19.3 Å². The number of benzene rings is 2. The number of fused-ring (bicyclic) bond motifs is 2. The molecule has 2 aliphatic heterocycles. The standard InChI is InChI=1S/C21H18F2N2O4S2/c22-16-9-13-11-29-21(26)25(18(13)10-17(16)23)14-5-7-24(8-6-14)31(27,28)20-12-30-19-4-2-1-3-15(19)20/h1-4,9-10,12,14H,5-8,11H2. The number of hydrogen-bond donors (Lipinski definition) is 0. The number of rotatable bonds is 3. The fourth-order valence-electron chi connectivity index (χ4n) is 4.20. The average Bonchev–Trinajstić information content (AvgIpc) is 3.20. The number of hydrogen-bond acceptors (Lipinski definition) is 5. The molecule has 0 saturated carbocycles. The minimum Gasteiger partial charge on any atom is -0.444 e. The van der Waals surface area contributed by atoms with E-state index in [1.807, 2.05) is 18.2 Å². The molecule has 0 spiro atoms. The van der Waals surface area contributed by atoms with E-state index in [4.69, 9.17) is 4.74 Å². The summed E-state index contributed by atoms with van der Waals surface area (Å²) >= 11 is 1.38. The van der Waals surface area contributed by atoms with E-state index in [-0.39, 0.29) is 36.3 Å². The van der Waals surface area contributed by atoms with Crippen LogP contribution in [0.15, 0.2) is 46.7 Å². The van der Waals surface area contributed by atoms with Gasteiger partial charge in [0.1, 0.15) is 11.5 Å². The zero-order chi connectivity index (χ0) is 21.8. The van der Waals surface area contributed by atoms with E-state index >= 15 is 0 Å². The predicted octanol–water partition coefficient (Wildman–Crippen LogP) is 4.49. The molecule has 0 unspecified atom stereocenters. The Balaban J connectivity index is 1.39. The molecule has 3 aromatic rings. The van der Waals surface area contributed by atoms with Gasteiger partial charge < -0.3 is 4.74 Å². The molecule has 6 nitrogen and oxygen atoms in total. The minimum atomic E-state index is -3.69. The van der Waals surface area contributed by atoms with Gasteiger partial charge in [0.05, 0.1) is 5.69 Å². The van der Waals surface area contributed by atoms with Crippen LogP contribution in [0.25, 0.3) is 10.1 Å². The van der Waals surface area contributed by atoms with Crippen molar-refractivity contribution in [3.63, 3.8) is 0 Å². The topological polar surface area (TPSA) is 66.9 Å². The van der Waals surface area contributed by atoms with Gasteiger partial charge in [0, 0.05) is 46.2 Å². The van der Waals surface area contributed by atoms with E-state index in [1.54, 1.807) is 11.4 Å². The lowest BCUT2D eigenvalue weighted by molar-refractivity contribution is 0.135. The van der Waals surface area contributed by atoms with Crippen LogP contribution in [0.2, 0.25) is 0 Å². The number of halogens is 2. The maximum absolute atomic E-state index is 13.8. The molecule has 1 aromatic heterocycles. The van der Waals surface area contributed by atoms with E-state index in [2.05, 4.69) is 0 Å². The molecule has 2 aromatic carbocycles. The van der Waals surface area contributed by atoms with Gasteiger partial charge in [-0.15, -0.1) is 11.3 Å². The van der Waals surface area contributed by atoms with Gasteiger partial charge in [-0.3, -0.25) is 4.90 Å². The van der Waals surface area contributed by atoms with Crippen molar-refractivity contribution in [2.45, 2.75) is 30.4 Å². The van der Waals surface area contributed by atoms with Crippen molar-refractivity contribution < 1.29 is 26.7 Å². The monoisotopic (exact) mass is 464 g/mol. The second-order valence-electron chi connectivity index (χ2n) is 7.55. The van der Waals surface area contributed by atoms with Crippen molar-refractivity contribution >= 4 is 43.2 Å². The lowest BCUT2D eigenvalue weighted by Gasteiger charge is -2.39. The van der Waals surface area contributed by atoms with Crippen molar-refractivity contribution in [2.75, 3.05) is 18.0 Å². The summed E-state index contributed by atoms with van der Waals surface area (Å²) in [5, 5.41) is 2.35. The van der Waals surface area contributed by atoms with Crippen LogP contribution in [0, 0.1) is 11.6 Å². The zero-order valence-electron chi connectivity index (χ0n) is 16.3. The molecule has 0 atom stereocenters. The largest absolute Gasteiger partial charge is 0.444 e. The van der Waals surface area contributed by atoms with Gasteiger partial charge in [0.2, 0.25) is 10.0 Å². The van der Waals surface area contributed by atoms with Gasteiger partial charge in [0.25, 0.3) is 0 Å². The van der Waals surface area contributed by atoms with Crippen LogP contribution in [0.5, 0.6) is 0 Å². The number of piperidine rings is 1. The molecule has 0 radical (unpaired) electrons. The second kappa shape index (κ2) is 7.54. The first kappa shape index (κ1) is 20.3. The molecule has 0 aliphatic carbocycles. The van der Waals surface area contributed by atoms with Gasteiger partial charge in [-0.25, -0.2) is 22.0 Å². The summed E-state index contributed by atoms with van der Waals surface area (Å²) in [6, 6.07) is 9.01. The molecule has 1 amide bonds. The fourth-order valence-corrected chi connectivity index (χ4v) is 7.15. The highest BCUT2D eigenvalue weighted by Gasteiger charge is 2.38. The number of carbonyl (C=O) groups excluding carboxylic acids is 1. The van der Waals surface area contributed by atoms with Crippen LogP contribution < -0.4 is 4.90 Å². The second-order valence-corrected chi connectivity index (χ2v) is 10.4. The summed E-state index contributed by atoms with van der Waals surface area (Å²) in [4.78, 5) is 14.0. The summed E-state index contributed by atoms with van der Waals surface area (Å²) in [5.41, 5.74) is 0.665. The molecular weight excluding hydrogens is 446 g/mol. The number of cyclic esters (lactones) is 1. The molecular formula is C21H18F2N2O4S2. The molecule has 0 N–H and O–H groups in total. The number of sulfonamides is 1. The fraction of sp³-hybridized carbons (Fsp3) is 0.286. The van der Waals surface area contributed by atoms with Crippen LogP contribution in [-0.2, 0) is 21.4 Å². The van der Waals surface area contributed by atoms with Gasteiger partial charge in [0.15, 0.2) is 11.6 Å². The molecule has 10 heteroatoms. The third-order valence-corrected chi connectivity index (χ3v) is 8.83. The van der Waals surface area contributed by atoms with Crippen LogP contribution in [0.1, 0.15) is 18.4 Å². The third kappa shape index (κ3) is 3.38. The highest BCUT2D eigenvalue weighted by atomic mass is 32.2. The molecule has 0 bridgehead atoms. The van der Waals surface area contributed by atoms with Crippen molar-refractivity contribution in [3.05, 3.63) is 59.0 Å². The van der Waals surface area contributed by atoms with Crippen molar-refractivity contribution in [1.29, 1.82) is 0 Å². The van der Waals surface area contributed by atoms with E-state index in [9.17, 15) is 22.0 Å². The first-order valence-corrected chi connectivity index (χ1v) is 12.1. The summed E-state index contributed by atoms with van der Waals surface area (Å²) in [7, 11) is -3.69. The highest BCUT2D eigenvalue weighted by molar-refractivity contribution is 7.89. The smallest absolute Gasteiger partial charge is 0.414 e. The summed E-state index contributed by atoms with van der Waals surface area (Å²) in [5.74, 6) is -2.04. The maximum Gasteiger partial charge on any atom is 0.414 e. The Morgan fingerprint density at radius 3 is 2.55 bits per heavy atom. The van der Waals surface area contributed by atoms with E-state index < -0.39 is 27.8 Å². The van der Waals surface area contributed by atoms with E-state index in [1.165, 1.54) is 20.5 Å². The van der Waals surface area contributed by atoms with Gasteiger partial charge in [-0.05, 0) is 25.0 Å². The first-order chi connectivity index (χ1) is 14.9. The first-order valence-electron chi connectivity index (χ1n) is 9.76. The number of amides is 1. The number of carbonyl (C=O) groups is 1. The quantitative estimate of drug-likeness (QED) is 0.573. The SMILES string of the molecule is O=C1OCc2cc(F)c(F)cc2N1C1CCN(S(=O)(=O)c2csc3ccccc23)CC1. The molecule has 2 aliphatic rings. The summed E-state index contributed by atoms with van der Waals surface area (Å²) in [6.45, 7) is 0.292. The third-order valence-electron chi connectivity index (χ3n) is 5.78. The van der Waals surface area contributed by atoms with Gasteiger partial charge in [-0.2, -0.15) is 4.31 Å².